The van der Waals surface area contributed by atoms with Crippen LogP contribution >= 0.6 is 11.9 Å². The summed E-state index contributed by atoms with van der Waals surface area (Å²) >= 11 is 1.73. The van der Waals surface area contributed by atoms with Gasteiger partial charge in [-0.2, -0.15) is 18.3 Å². The predicted molar refractivity (Wildman–Crippen MR) is 101 cm³/mol. The normalized spacial score (nSPS) is 16.9. The number of fused-ring (bicyclic) bond motifs is 1. The largest absolute Gasteiger partial charge is 0.435 e. The minimum absolute atomic E-state index is 0.0288. The summed E-state index contributed by atoms with van der Waals surface area (Å²) in [6.45, 7) is 4.22. The van der Waals surface area contributed by atoms with Crippen molar-refractivity contribution in [2.45, 2.75) is 57.1 Å². The monoisotopic (exact) mass is 399 g/mol. The highest BCUT2D eigenvalue weighted by atomic mass is 32.2. The van der Waals surface area contributed by atoms with Crippen LogP contribution in [0.1, 0.15) is 41.8 Å². The fourth-order valence-corrected chi connectivity index (χ4v) is 3.99. The number of halogens is 3. The van der Waals surface area contributed by atoms with Gasteiger partial charge in [0.1, 0.15) is 0 Å². The Labute approximate surface area is 161 Å². The van der Waals surface area contributed by atoms with Crippen LogP contribution in [0.5, 0.6) is 0 Å². The molecule has 1 heterocycles. The number of aliphatic hydroxyl groups is 1. The van der Waals surface area contributed by atoms with E-state index in [1.165, 1.54) is 22.0 Å². The highest BCUT2D eigenvalue weighted by molar-refractivity contribution is 7.98. The first-order chi connectivity index (χ1) is 12.8. The van der Waals surface area contributed by atoms with Crippen molar-refractivity contribution in [3.8, 4) is 0 Å². The molecule has 0 unspecified atom stereocenters. The number of hydrogen-bond donors (Lipinski definition) is 2. The second kappa shape index (κ2) is 8.24. The third kappa shape index (κ3) is 5.06. The van der Waals surface area contributed by atoms with Gasteiger partial charge in [0.05, 0.1) is 6.54 Å². The van der Waals surface area contributed by atoms with E-state index in [-0.39, 0.29) is 25.1 Å². The molecule has 1 atom stereocenters. The molecule has 1 aliphatic rings. The van der Waals surface area contributed by atoms with Crippen LogP contribution < -0.4 is 4.72 Å². The average molecular weight is 399 g/mol. The number of aliphatic hydroxyl groups excluding tert-OH is 1. The Morgan fingerprint density at radius 2 is 2.04 bits per heavy atom. The number of rotatable bonds is 7. The van der Waals surface area contributed by atoms with Crippen LogP contribution in [0.2, 0.25) is 0 Å². The Kier molecular flexibility index (Phi) is 6.18. The molecule has 27 heavy (non-hydrogen) atoms. The molecular weight excluding hydrogens is 375 g/mol. The summed E-state index contributed by atoms with van der Waals surface area (Å²) < 4.78 is 44.1. The Bertz CT molecular complexity index is 789. The molecule has 0 aliphatic heterocycles. The van der Waals surface area contributed by atoms with Gasteiger partial charge in [-0.15, -0.1) is 0 Å². The summed E-state index contributed by atoms with van der Waals surface area (Å²) in [6.07, 6.45) is -1.29. The van der Waals surface area contributed by atoms with E-state index in [9.17, 15) is 13.2 Å². The maximum atomic E-state index is 13.1. The van der Waals surface area contributed by atoms with Gasteiger partial charge in [-0.25, -0.2) is 0 Å². The fraction of sp³-hybridized carbons (Fsp3) is 0.526. The molecule has 8 heteroatoms. The number of nitrogens with zero attached hydrogens (tertiary/aromatic N) is 2. The first-order valence-corrected chi connectivity index (χ1v) is 9.90. The molecule has 1 aliphatic carbocycles. The van der Waals surface area contributed by atoms with Crippen LogP contribution in [0.4, 0.5) is 13.2 Å². The number of nitrogens with one attached hydrogen (secondary N) is 1. The van der Waals surface area contributed by atoms with E-state index in [2.05, 4.69) is 35.8 Å². The first-order valence-electron chi connectivity index (χ1n) is 9.02. The summed E-state index contributed by atoms with van der Waals surface area (Å²) in [5.41, 5.74) is 2.58. The van der Waals surface area contributed by atoms with Crippen molar-refractivity contribution >= 4 is 11.9 Å². The van der Waals surface area contributed by atoms with Crippen LogP contribution in [-0.2, 0) is 32.0 Å². The maximum Gasteiger partial charge on any atom is 0.435 e. The van der Waals surface area contributed by atoms with E-state index < -0.39 is 11.9 Å². The van der Waals surface area contributed by atoms with Crippen LogP contribution in [0.3, 0.4) is 0 Å². The minimum atomic E-state index is -4.51. The molecule has 1 aromatic heterocycles. The van der Waals surface area contributed by atoms with Crippen LogP contribution in [0.15, 0.2) is 24.4 Å². The molecule has 2 N–H and O–H groups in total. The van der Waals surface area contributed by atoms with Crippen molar-refractivity contribution in [1.29, 1.82) is 0 Å². The van der Waals surface area contributed by atoms with E-state index in [1.54, 1.807) is 11.9 Å². The summed E-state index contributed by atoms with van der Waals surface area (Å²) in [5.74, 6) is 0. The fourth-order valence-electron chi connectivity index (χ4n) is 3.36. The van der Waals surface area contributed by atoms with Crippen molar-refractivity contribution in [3.05, 3.63) is 52.3 Å². The number of benzene rings is 1. The van der Waals surface area contributed by atoms with Gasteiger partial charge in [0.25, 0.3) is 0 Å². The maximum absolute atomic E-state index is 13.1. The van der Waals surface area contributed by atoms with Crippen molar-refractivity contribution in [2.75, 3.05) is 6.61 Å². The Balaban J connectivity index is 1.72. The molecule has 2 aromatic rings. The molecule has 0 fully saturated rings. The minimum Gasteiger partial charge on any atom is -0.396 e. The second-order valence-electron chi connectivity index (χ2n) is 7.16. The number of aromatic nitrogens is 2. The quantitative estimate of drug-likeness (QED) is 0.699. The molecule has 0 amide bonds. The molecular formula is C19H24F3N3OS. The highest BCUT2D eigenvalue weighted by Crippen LogP contribution is 2.31. The molecule has 148 valence electrons. The third-order valence-corrected chi connectivity index (χ3v) is 5.45. The first kappa shape index (κ1) is 20.2. The summed E-state index contributed by atoms with van der Waals surface area (Å²) in [6, 6.07) is 6.48. The van der Waals surface area contributed by atoms with Crippen molar-refractivity contribution < 1.29 is 18.3 Å². The van der Waals surface area contributed by atoms with E-state index in [1.807, 2.05) is 6.07 Å². The lowest BCUT2D eigenvalue weighted by Crippen LogP contribution is -2.24. The zero-order chi connectivity index (χ0) is 19.6. The van der Waals surface area contributed by atoms with Gasteiger partial charge in [0.2, 0.25) is 0 Å². The number of alkyl halides is 3. The Morgan fingerprint density at radius 1 is 1.30 bits per heavy atom. The van der Waals surface area contributed by atoms with Gasteiger partial charge in [-0.3, -0.25) is 9.40 Å². The van der Waals surface area contributed by atoms with E-state index in [0.717, 1.165) is 18.4 Å². The van der Waals surface area contributed by atoms with Gasteiger partial charge >= 0.3 is 6.18 Å². The van der Waals surface area contributed by atoms with E-state index >= 15 is 0 Å². The highest BCUT2D eigenvalue weighted by Gasteiger charge is 2.36. The van der Waals surface area contributed by atoms with E-state index in [4.69, 9.17) is 5.11 Å². The molecule has 1 aromatic carbocycles. The molecule has 0 saturated carbocycles. The lowest BCUT2D eigenvalue weighted by Gasteiger charge is -2.12. The zero-order valence-corrected chi connectivity index (χ0v) is 16.2. The second-order valence-corrected chi connectivity index (χ2v) is 8.58. The summed E-state index contributed by atoms with van der Waals surface area (Å²) in [4.78, 5) is 0. The van der Waals surface area contributed by atoms with Crippen LogP contribution in [0.25, 0.3) is 0 Å². The van der Waals surface area contributed by atoms with Crippen LogP contribution in [-0.4, -0.2) is 32.8 Å². The van der Waals surface area contributed by atoms with Gasteiger partial charge in [0, 0.05) is 29.7 Å². The topological polar surface area (TPSA) is 50.1 Å². The van der Waals surface area contributed by atoms with Gasteiger partial charge in [-0.1, -0.05) is 44.0 Å². The molecule has 3 rings (SSSR count). The van der Waals surface area contributed by atoms with E-state index in [0.29, 0.717) is 11.3 Å². The van der Waals surface area contributed by atoms with Crippen molar-refractivity contribution in [1.82, 2.24) is 14.5 Å². The smallest absolute Gasteiger partial charge is 0.396 e. The molecule has 0 saturated heterocycles. The van der Waals surface area contributed by atoms with Gasteiger partial charge in [0.15, 0.2) is 5.69 Å². The summed E-state index contributed by atoms with van der Waals surface area (Å²) in [7, 11) is 0. The average Bonchev–Trinajstić information content (AvgIpc) is 3.16. The van der Waals surface area contributed by atoms with Crippen molar-refractivity contribution in [2.24, 2.45) is 0 Å². The Hall–Kier alpha value is -1.51. The lowest BCUT2D eigenvalue weighted by atomic mass is 10.1. The number of hydrogen-bond acceptors (Lipinski definition) is 4. The van der Waals surface area contributed by atoms with Crippen LogP contribution in [0, 0.1) is 0 Å². The lowest BCUT2D eigenvalue weighted by molar-refractivity contribution is -0.142. The molecule has 4 nitrogen and oxygen atoms in total. The third-order valence-electron chi connectivity index (χ3n) is 4.51. The van der Waals surface area contributed by atoms with Gasteiger partial charge < -0.3 is 5.11 Å². The molecule has 0 radical (unpaired) electrons. The zero-order valence-electron chi connectivity index (χ0n) is 15.4. The molecule has 0 bridgehead atoms. The van der Waals surface area contributed by atoms with Crippen molar-refractivity contribution in [3.63, 3.8) is 0 Å². The Morgan fingerprint density at radius 3 is 2.70 bits per heavy atom. The van der Waals surface area contributed by atoms with Gasteiger partial charge in [-0.05, 0) is 36.0 Å². The SMILES string of the molecule is CC(C)SN[C@H]1Cc2ccc(Cn3cc(CCO)c(C(F)(F)F)n3)cc2C1. The summed E-state index contributed by atoms with van der Waals surface area (Å²) in [5, 5.41) is 13.2. The molecule has 0 spiro atoms. The predicted octanol–water partition coefficient (Wildman–Crippen LogP) is 3.60. The standard InChI is InChI=1S/C19H24F3N3OS/c1-12(2)27-24-17-8-14-4-3-13(7-16(14)9-17)10-25-11-15(5-6-26)18(23-25)19(20,21)22/h3-4,7,11-12,17,24,26H,5-6,8-10H2,1-2H3/t17-/m0/s1.